The highest BCUT2D eigenvalue weighted by Crippen LogP contribution is 2.37. The fourth-order valence-electron chi connectivity index (χ4n) is 4.09. The maximum Gasteiger partial charge on any atom is 0.271 e. The number of halogens is 1. The number of amidine groups is 1. The molecule has 2 heterocycles. The monoisotopic (exact) mass is 339 g/mol. The zero-order valence-corrected chi connectivity index (χ0v) is 14.8. The molecule has 1 N–H and O–H groups in total. The van der Waals surface area contributed by atoms with Gasteiger partial charge in [0.05, 0.1) is 6.54 Å². The molecular weight excluding hydrogens is 315 g/mol. The van der Waals surface area contributed by atoms with Gasteiger partial charge < -0.3 is 5.11 Å². The molecule has 0 unspecified atom stereocenters. The molecule has 2 aliphatic rings. The molecule has 0 amide bonds. The number of aliphatic hydroxyl groups is 1. The lowest BCUT2D eigenvalue weighted by Crippen LogP contribution is -2.41. The van der Waals surface area contributed by atoms with Gasteiger partial charge in [0.2, 0.25) is 0 Å². The topological polar surface area (TPSA) is 26.5 Å². The molecule has 0 saturated heterocycles. The summed E-state index contributed by atoms with van der Waals surface area (Å²) in [5.41, 5.74) is 3.20. The van der Waals surface area contributed by atoms with Gasteiger partial charge in [-0.1, -0.05) is 12.1 Å². The molecule has 130 valence electrons. The average molecular weight is 339 g/mol. The van der Waals surface area contributed by atoms with Gasteiger partial charge in [0.1, 0.15) is 11.5 Å². The second kappa shape index (κ2) is 5.95. The van der Waals surface area contributed by atoms with Gasteiger partial charge >= 0.3 is 0 Å². The molecule has 0 radical (unpaired) electrons. The van der Waals surface area contributed by atoms with Crippen LogP contribution >= 0.6 is 0 Å². The van der Waals surface area contributed by atoms with Crippen LogP contribution in [-0.2, 0) is 5.72 Å². The molecule has 1 atom stereocenters. The van der Waals surface area contributed by atoms with Gasteiger partial charge in [-0.05, 0) is 68.1 Å². The van der Waals surface area contributed by atoms with E-state index in [9.17, 15) is 9.50 Å². The zero-order valence-electron chi connectivity index (χ0n) is 14.8. The van der Waals surface area contributed by atoms with E-state index < -0.39 is 5.72 Å². The van der Waals surface area contributed by atoms with Crippen molar-refractivity contribution in [3.8, 4) is 0 Å². The molecular formula is C21H24FN2O+. The van der Waals surface area contributed by atoms with Crippen molar-refractivity contribution < 1.29 is 14.1 Å². The van der Waals surface area contributed by atoms with Gasteiger partial charge in [0.15, 0.2) is 6.54 Å². The Morgan fingerprint density at radius 3 is 2.60 bits per heavy atom. The first-order valence-electron chi connectivity index (χ1n) is 8.96. The molecule has 4 heteroatoms. The minimum Gasteiger partial charge on any atom is -0.346 e. The summed E-state index contributed by atoms with van der Waals surface area (Å²) in [5, 5.41) is 11.6. The van der Waals surface area contributed by atoms with Crippen molar-refractivity contribution >= 4 is 11.5 Å². The van der Waals surface area contributed by atoms with Crippen LogP contribution in [0.1, 0.15) is 36.0 Å². The summed E-state index contributed by atoms with van der Waals surface area (Å²) in [5.74, 6) is 0.895. The van der Waals surface area contributed by atoms with Gasteiger partial charge in [-0.3, -0.25) is 0 Å². The van der Waals surface area contributed by atoms with Crippen LogP contribution in [0.2, 0.25) is 0 Å². The van der Waals surface area contributed by atoms with Crippen LogP contribution in [0, 0.1) is 19.7 Å². The number of hydrogen-bond donors (Lipinski definition) is 1. The SMILES string of the molecule is Cc1ccc(C)c(N2C[C@@](O)(c3ccc(F)cc3)[N+]3=C2CCCC3)c1. The van der Waals surface area contributed by atoms with Crippen molar-refractivity contribution in [2.75, 3.05) is 18.0 Å². The fraction of sp³-hybridized carbons (Fsp3) is 0.381. The first kappa shape index (κ1) is 16.3. The van der Waals surface area contributed by atoms with Crippen molar-refractivity contribution in [2.24, 2.45) is 0 Å². The molecule has 0 aliphatic carbocycles. The van der Waals surface area contributed by atoms with Crippen LogP contribution in [0.25, 0.3) is 0 Å². The molecule has 0 aromatic heterocycles. The van der Waals surface area contributed by atoms with E-state index in [4.69, 9.17) is 0 Å². The number of aryl methyl sites for hydroxylation is 2. The van der Waals surface area contributed by atoms with Crippen LogP contribution in [0.15, 0.2) is 42.5 Å². The molecule has 2 aromatic rings. The third kappa shape index (κ3) is 2.65. The lowest BCUT2D eigenvalue weighted by molar-refractivity contribution is -0.661. The Bertz CT molecular complexity index is 843. The number of nitrogens with zero attached hydrogens (tertiary/aromatic N) is 2. The summed E-state index contributed by atoms with van der Waals surface area (Å²) in [6, 6.07) is 12.7. The van der Waals surface area contributed by atoms with Crippen molar-refractivity contribution in [3.63, 3.8) is 0 Å². The summed E-state index contributed by atoms with van der Waals surface area (Å²) in [7, 11) is 0. The standard InChI is InChI=1S/C21H24FN2O/c1-15-6-7-16(2)19(13-15)23-14-21(25,17-8-10-18(22)11-9-17)24-12-4-3-5-20(23)24/h6-11,13,25H,3-5,12,14H2,1-2H3/q+1/t21-/m1/s1. The second-order valence-corrected chi connectivity index (χ2v) is 7.22. The molecule has 2 aromatic carbocycles. The second-order valence-electron chi connectivity index (χ2n) is 7.22. The van der Waals surface area contributed by atoms with Crippen molar-refractivity contribution in [1.82, 2.24) is 0 Å². The maximum atomic E-state index is 13.4. The Labute approximate surface area is 148 Å². The third-order valence-electron chi connectivity index (χ3n) is 5.44. The summed E-state index contributed by atoms with van der Waals surface area (Å²) in [4.78, 5) is 2.25. The third-order valence-corrected chi connectivity index (χ3v) is 5.44. The van der Waals surface area contributed by atoms with E-state index in [1.807, 2.05) is 0 Å². The number of β-amino-alcohol motifs (C(OH)–C–C–N with tert-alkyl or cyclic N) is 1. The molecule has 0 spiro atoms. The largest absolute Gasteiger partial charge is 0.346 e. The highest BCUT2D eigenvalue weighted by atomic mass is 19.1. The number of rotatable bonds is 2. The normalized spacial score (nSPS) is 23.1. The lowest BCUT2D eigenvalue weighted by atomic mass is 10.0. The maximum absolute atomic E-state index is 13.4. The van der Waals surface area contributed by atoms with Crippen molar-refractivity contribution in [1.29, 1.82) is 0 Å². The Balaban J connectivity index is 1.83. The van der Waals surface area contributed by atoms with E-state index in [1.54, 1.807) is 12.1 Å². The van der Waals surface area contributed by atoms with E-state index in [1.165, 1.54) is 29.1 Å². The van der Waals surface area contributed by atoms with E-state index in [0.29, 0.717) is 6.54 Å². The molecule has 25 heavy (non-hydrogen) atoms. The molecule has 0 saturated carbocycles. The van der Waals surface area contributed by atoms with Crippen LogP contribution in [-0.4, -0.2) is 28.6 Å². The first-order chi connectivity index (χ1) is 12.0. The Kier molecular flexibility index (Phi) is 3.88. The summed E-state index contributed by atoms with van der Waals surface area (Å²) >= 11 is 0. The van der Waals surface area contributed by atoms with Gasteiger partial charge in [-0.25, -0.2) is 13.9 Å². The zero-order chi connectivity index (χ0) is 17.6. The fourth-order valence-corrected chi connectivity index (χ4v) is 4.09. The molecule has 3 nitrogen and oxygen atoms in total. The van der Waals surface area contributed by atoms with Crippen molar-refractivity contribution in [3.05, 3.63) is 65.0 Å². The number of anilines is 1. The van der Waals surface area contributed by atoms with E-state index >= 15 is 0 Å². The van der Waals surface area contributed by atoms with Crippen LogP contribution in [0.3, 0.4) is 0 Å². The predicted molar refractivity (Wildman–Crippen MR) is 97.5 cm³/mol. The van der Waals surface area contributed by atoms with Gasteiger partial charge in [-0.15, -0.1) is 0 Å². The molecule has 0 bridgehead atoms. The summed E-state index contributed by atoms with van der Waals surface area (Å²) in [6.07, 6.45) is 3.15. The summed E-state index contributed by atoms with van der Waals surface area (Å²) < 4.78 is 15.5. The Hall–Kier alpha value is -2.20. The highest BCUT2D eigenvalue weighted by molar-refractivity contribution is 5.96. The predicted octanol–water partition coefficient (Wildman–Crippen LogP) is 3.70. The summed E-state index contributed by atoms with van der Waals surface area (Å²) in [6.45, 7) is 5.50. The van der Waals surface area contributed by atoms with Gasteiger partial charge in [0, 0.05) is 12.0 Å². The first-order valence-corrected chi connectivity index (χ1v) is 8.96. The van der Waals surface area contributed by atoms with Gasteiger partial charge in [-0.2, -0.15) is 0 Å². The lowest BCUT2D eigenvalue weighted by Gasteiger charge is -2.24. The average Bonchev–Trinajstić information content (AvgIpc) is 2.92. The van der Waals surface area contributed by atoms with Crippen molar-refractivity contribution in [2.45, 2.75) is 38.8 Å². The molecule has 2 aliphatic heterocycles. The number of benzene rings is 2. The quantitative estimate of drug-likeness (QED) is 0.845. The Morgan fingerprint density at radius 2 is 1.84 bits per heavy atom. The van der Waals surface area contributed by atoms with Crippen LogP contribution in [0.5, 0.6) is 0 Å². The number of hydrogen-bond acceptors (Lipinski definition) is 2. The molecule has 0 fully saturated rings. The Morgan fingerprint density at radius 1 is 1.08 bits per heavy atom. The van der Waals surface area contributed by atoms with Crippen LogP contribution < -0.4 is 4.90 Å². The van der Waals surface area contributed by atoms with Gasteiger partial charge in [0.25, 0.3) is 11.6 Å². The molecule has 4 rings (SSSR count). The van der Waals surface area contributed by atoms with E-state index in [2.05, 4.69) is 41.5 Å². The smallest absolute Gasteiger partial charge is 0.271 e. The minimum atomic E-state index is -1.11. The minimum absolute atomic E-state index is 0.278. The van der Waals surface area contributed by atoms with Crippen LogP contribution in [0.4, 0.5) is 10.1 Å². The van der Waals surface area contributed by atoms with E-state index in [-0.39, 0.29) is 5.82 Å². The van der Waals surface area contributed by atoms with E-state index in [0.717, 1.165) is 37.1 Å². The highest BCUT2D eigenvalue weighted by Gasteiger charge is 2.52.